The molecule has 2 aliphatic rings. The summed E-state index contributed by atoms with van der Waals surface area (Å²) in [5, 5.41) is 3.18. The van der Waals surface area contributed by atoms with Crippen LogP contribution in [0.1, 0.15) is 58.4 Å². The summed E-state index contributed by atoms with van der Waals surface area (Å²) in [7, 11) is 0. The Bertz CT molecular complexity index is 656. The first-order valence-corrected chi connectivity index (χ1v) is 11.3. The van der Waals surface area contributed by atoms with Crippen LogP contribution in [0.15, 0.2) is 30.3 Å². The Labute approximate surface area is 167 Å². The number of hydrogen-bond donors (Lipinski definition) is 1. The van der Waals surface area contributed by atoms with Crippen molar-refractivity contribution in [2.45, 2.75) is 70.4 Å². The molecular weight excluding hydrogens is 356 g/mol. The Morgan fingerprint density at radius 2 is 1.89 bits per heavy atom. The molecule has 27 heavy (non-hydrogen) atoms. The van der Waals surface area contributed by atoms with Crippen LogP contribution >= 0.6 is 11.8 Å². The summed E-state index contributed by atoms with van der Waals surface area (Å²) in [4.78, 5) is 27.5. The van der Waals surface area contributed by atoms with Gasteiger partial charge in [0.2, 0.25) is 11.8 Å². The molecule has 4 nitrogen and oxygen atoms in total. The molecule has 2 fully saturated rings. The molecule has 148 valence electrons. The molecule has 1 heterocycles. The van der Waals surface area contributed by atoms with E-state index in [9.17, 15) is 9.59 Å². The van der Waals surface area contributed by atoms with Crippen molar-refractivity contribution < 1.29 is 9.59 Å². The lowest BCUT2D eigenvalue weighted by molar-refractivity contribution is -0.141. The van der Waals surface area contributed by atoms with Crippen LogP contribution in [0.25, 0.3) is 0 Å². The quantitative estimate of drug-likeness (QED) is 0.803. The number of nitrogens with one attached hydrogen (secondary N) is 1. The topological polar surface area (TPSA) is 49.4 Å². The minimum atomic E-state index is -0.314. The molecule has 1 aliphatic carbocycles. The summed E-state index contributed by atoms with van der Waals surface area (Å²) < 4.78 is 0. The van der Waals surface area contributed by atoms with Crippen molar-refractivity contribution in [3.05, 3.63) is 35.9 Å². The van der Waals surface area contributed by atoms with Crippen molar-refractivity contribution in [1.29, 1.82) is 0 Å². The lowest BCUT2D eigenvalue weighted by atomic mass is 9.79. The third-order valence-electron chi connectivity index (χ3n) is 5.93. The molecule has 0 spiro atoms. The zero-order valence-corrected chi connectivity index (χ0v) is 17.6. The van der Waals surface area contributed by atoms with Gasteiger partial charge in [-0.3, -0.25) is 9.59 Å². The number of rotatable bonds is 6. The van der Waals surface area contributed by atoms with Crippen LogP contribution in [0, 0.1) is 5.92 Å². The van der Waals surface area contributed by atoms with Crippen LogP contribution < -0.4 is 5.32 Å². The summed E-state index contributed by atoms with van der Waals surface area (Å²) in [6.07, 6.45) is 5.10. The number of amides is 2. The van der Waals surface area contributed by atoms with E-state index in [4.69, 9.17) is 0 Å². The number of thioether (sulfide) groups is 1. The van der Waals surface area contributed by atoms with Gasteiger partial charge in [0.15, 0.2) is 0 Å². The average Bonchev–Trinajstić information content (AvgIpc) is 3.33. The first-order valence-electron chi connectivity index (χ1n) is 10.1. The van der Waals surface area contributed by atoms with Crippen molar-refractivity contribution in [3.8, 4) is 0 Å². The predicted molar refractivity (Wildman–Crippen MR) is 112 cm³/mol. The van der Waals surface area contributed by atoms with Crippen LogP contribution in [0.4, 0.5) is 0 Å². The zero-order valence-electron chi connectivity index (χ0n) is 16.7. The second kappa shape index (κ2) is 8.68. The molecule has 0 radical (unpaired) electrons. The standard InChI is InChI=1S/C22H32N2O2S/c1-16(13-22(2,3)18-11-5-4-6-12-18)23-20(25)19-14-27-15-24(19)21(26)17-9-7-8-10-17/h4-6,11-12,16-17,19H,7-10,13-15H2,1-3H3,(H,23,25). The second-order valence-electron chi connectivity index (χ2n) is 8.67. The van der Waals surface area contributed by atoms with E-state index in [0.29, 0.717) is 11.6 Å². The molecule has 1 aliphatic heterocycles. The monoisotopic (exact) mass is 388 g/mol. The maximum Gasteiger partial charge on any atom is 0.243 e. The fourth-order valence-electron chi connectivity index (χ4n) is 4.45. The third-order valence-corrected chi connectivity index (χ3v) is 6.95. The molecule has 1 saturated carbocycles. The van der Waals surface area contributed by atoms with E-state index in [1.165, 1.54) is 5.56 Å². The minimum Gasteiger partial charge on any atom is -0.352 e. The predicted octanol–water partition coefficient (Wildman–Crippen LogP) is 3.95. The molecule has 2 atom stereocenters. The summed E-state index contributed by atoms with van der Waals surface area (Å²) in [6, 6.07) is 10.2. The van der Waals surface area contributed by atoms with Crippen LogP contribution in [0.5, 0.6) is 0 Å². The number of nitrogens with zero attached hydrogens (tertiary/aromatic N) is 1. The molecular formula is C22H32N2O2S. The Kier molecular flexibility index (Phi) is 6.51. The first kappa shape index (κ1) is 20.2. The highest BCUT2D eigenvalue weighted by Crippen LogP contribution is 2.31. The Hall–Kier alpha value is -1.49. The van der Waals surface area contributed by atoms with Crippen molar-refractivity contribution in [1.82, 2.24) is 10.2 Å². The molecule has 3 rings (SSSR count). The van der Waals surface area contributed by atoms with Crippen LogP contribution in [0.3, 0.4) is 0 Å². The number of benzene rings is 1. The van der Waals surface area contributed by atoms with E-state index in [2.05, 4.69) is 50.4 Å². The number of hydrogen-bond acceptors (Lipinski definition) is 3. The van der Waals surface area contributed by atoms with Gasteiger partial charge in [-0.05, 0) is 37.2 Å². The van der Waals surface area contributed by atoms with Crippen LogP contribution in [0.2, 0.25) is 0 Å². The summed E-state index contributed by atoms with van der Waals surface area (Å²) in [5.41, 5.74) is 1.26. The summed E-state index contributed by atoms with van der Waals surface area (Å²) >= 11 is 1.69. The van der Waals surface area contributed by atoms with Gasteiger partial charge in [0, 0.05) is 17.7 Å². The van der Waals surface area contributed by atoms with Crippen molar-refractivity contribution in [3.63, 3.8) is 0 Å². The largest absolute Gasteiger partial charge is 0.352 e. The molecule has 1 aromatic rings. The van der Waals surface area contributed by atoms with Crippen molar-refractivity contribution >= 4 is 23.6 Å². The molecule has 1 N–H and O–H groups in total. The fourth-order valence-corrected chi connectivity index (χ4v) is 5.61. The highest BCUT2D eigenvalue weighted by molar-refractivity contribution is 7.99. The molecule has 5 heteroatoms. The van der Waals surface area contributed by atoms with Crippen molar-refractivity contribution in [2.75, 3.05) is 11.6 Å². The SMILES string of the molecule is CC(CC(C)(C)c1ccccc1)NC(=O)C1CSCN1C(=O)C1CCCC1. The van der Waals surface area contributed by atoms with Crippen LogP contribution in [-0.4, -0.2) is 40.4 Å². The van der Waals surface area contributed by atoms with Gasteiger partial charge < -0.3 is 10.2 Å². The highest BCUT2D eigenvalue weighted by Gasteiger charge is 2.38. The van der Waals surface area contributed by atoms with E-state index in [-0.39, 0.29) is 35.2 Å². The molecule has 1 aromatic carbocycles. The molecule has 2 unspecified atom stereocenters. The van der Waals surface area contributed by atoms with Gasteiger partial charge in [0.05, 0.1) is 5.88 Å². The van der Waals surface area contributed by atoms with Gasteiger partial charge >= 0.3 is 0 Å². The van der Waals surface area contributed by atoms with Gasteiger partial charge in [-0.25, -0.2) is 0 Å². The van der Waals surface area contributed by atoms with Gasteiger partial charge in [0.1, 0.15) is 6.04 Å². The Balaban J connectivity index is 1.58. The van der Waals surface area contributed by atoms with E-state index in [1.54, 1.807) is 11.8 Å². The Morgan fingerprint density at radius 1 is 1.22 bits per heavy atom. The van der Waals surface area contributed by atoms with Gasteiger partial charge in [0.25, 0.3) is 0 Å². The molecule has 2 amide bonds. The van der Waals surface area contributed by atoms with Gasteiger partial charge in [-0.15, -0.1) is 11.8 Å². The Morgan fingerprint density at radius 3 is 2.56 bits per heavy atom. The number of carbonyl (C=O) groups is 2. The van der Waals surface area contributed by atoms with Gasteiger partial charge in [-0.1, -0.05) is 57.0 Å². The summed E-state index contributed by atoms with van der Waals surface area (Å²) in [5.74, 6) is 1.68. The van der Waals surface area contributed by atoms with Crippen molar-refractivity contribution in [2.24, 2.45) is 5.92 Å². The minimum absolute atomic E-state index is 0.00251. The molecule has 1 saturated heterocycles. The molecule has 0 bridgehead atoms. The maximum atomic E-state index is 12.9. The van der Waals surface area contributed by atoms with Crippen LogP contribution in [-0.2, 0) is 15.0 Å². The smallest absolute Gasteiger partial charge is 0.243 e. The first-order chi connectivity index (χ1) is 12.9. The number of carbonyl (C=O) groups excluding carboxylic acids is 2. The highest BCUT2D eigenvalue weighted by atomic mass is 32.2. The lowest BCUT2D eigenvalue weighted by Gasteiger charge is -2.31. The van der Waals surface area contributed by atoms with E-state index in [1.807, 2.05) is 11.0 Å². The molecule has 0 aromatic heterocycles. The fraction of sp³-hybridized carbons (Fsp3) is 0.636. The summed E-state index contributed by atoms with van der Waals surface area (Å²) in [6.45, 7) is 6.49. The third kappa shape index (κ3) is 4.87. The van der Waals surface area contributed by atoms with E-state index < -0.39 is 0 Å². The van der Waals surface area contributed by atoms with Gasteiger partial charge in [-0.2, -0.15) is 0 Å². The van der Waals surface area contributed by atoms with E-state index in [0.717, 1.165) is 32.1 Å². The zero-order chi connectivity index (χ0) is 19.4. The lowest BCUT2D eigenvalue weighted by Crippen LogP contribution is -2.51. The second-order valence-corrected chi connectivity index (χ2v) is 9.67. The maximum absolute atomic E-state index is 12.9. The van der Waals surface area contributed by atoms with E-state index >= 15 is 0 Å². The normalized spacial score (nSPS) is 22.0. The average molecular weight is 389 g/mol.